The number of quaternary nitrogens is 1. The van der Waals surface area contributed by atoms with Crippen LogP contribution in [-0.2, 0) is 9.53 Å². The average Bonchev–Trinajstić information content (AvgIpc) is 2.72. The summed E-state index contributed by atoms with van der Waals surface area (Å²) in [4.78, 5) is 25.3. The minimum Gasteiger partial charge on any atom is -0.383 e. The van der Waals surface area contributed by atoms with Gasteiger partial charge in [0.1, 0.15) is 6.54 Å². The third kappa shape index (κ3) is 5.46. The molecule has 1 aromatic heterocycles. The summed E-state index contributed by atoms with van der Waals surface area (Å²) in [5.41, 5.74) is 2.75. The predicted molar refractivity (Wildman–Crippen MR) is 94.7 cm³/mol. The van der Waals surface area contributed by atoms with E-state index in [0.717, 1.165) is 21.9 Å². The molecule has 0 saturated heterocycles. The van der Waals surface area contributed by atoms with Crippen LogP contribution in [0.2, 0.25) is 0 Å². The lowest BCUT2D eigenvalue weighted by atomic mass is 10.1. The van der Waals surface area contributed by atoms with Gasteiger partial charge in [0, 0.05) is 30.1 Å². The Balaban J connectivity index is 2.78. The Kier molecular flexibility index (Phi) is 7.63. The molecule has 24 heavy (non-hydrogen) atoms. The molecule has 1 rings (SSSR count). The van der Waals surface area contributed by atoms with Crippen LogP contribution < -0.4 is 10.2 Å². The van der Waals surface area contributed by atoms with E-state index in [1.54, 1.807) is 7.11 Å². The highest BCUT2D eigenvalue weighted by molar-refractivity contribution is 5.98. The Morgan fingerprint density at radius 2 is 1.88 bits per heavy atom. The molecule has 2 atom stereocenters. The second kappa shape index (κ2) is 8.99. The number of carbonyl (C=O) groups excluding carboxylic acids is 2. The minimum absolute atomic E-state index is 0.0329. The Morgan fingerprint density at radius 1 is 1.25 bits per heavy atom. The van der Waals surface area contributed by atoms with Crippen molar-refractivity contribution >= 4 is 11.7 Å². The standard InChI is InChI=1S/C18H31N3O3/c1-12(2)19-18(23)10-20(6)9-17(22)16-8-13(3)21(15(16)5)14(4)11-24-7/h8,12,14H,9-11H2,1-7H3,(H,19,23)/p+1/t14-/m1/s1. The third-order valence-corrected chi connectivity index (χ3v) is 4.01. The van der Waals surface area contributed by atoms with Crippen molar-refractivity contribution in [1.29, 1.82) is 0 Å². The third-order valence-electron chi connectivity index (χ3n) is 4.01. The van der Waals surface area contributed by atoms with Crippen molar-refractivity contribution in [2.75, 3.05) is 33.9 Å². The zero-order valence-electron chi connectivity index (χ0n) is 16.0. The van der Waals surface area contributed by atoms with E-state index in [1.807, 2.05) is 40.8 Å². The lowest BCUT2D eigenvalue weighted by Crippen LogP contribution is -3.11. The molecule has 0 fully saturated rings. The first kappa shape index (κ1) is 20.4. The van der Waals surface area contributed by atoms with Crippen LogP contribution in [0, 0.1) is 13.8 Å². The van der Waals surface area contributed by atoms with Gasteiger partial charge in [-0.1, -0.05) is 0 Å². The summed E-state index contributed by atoms with van der Waals surface area (Å²) >= 11 is 0. The van der Waals surface area contributed by atoms with Gasteiger partial charge >= 0.3 is 0 Å². The fourth-order valence-corrected chi connectivity index (χ4v) is 3.13. The summed E-state index contributed by atoms with van der Waals surface area (Å²) in [6, 6.07) is 2.23. The molecule has 1 unspecified atom stereocenters. The van der Waals surface area contributed by atoms with E-state index in [4.69, 9.17) is 4.74 Å². The maximum Gasteiger partial charge on any atom is 0.275 e. The van der Waals surface area contributed by atoms with Crippen LogP contribution in [0.1, 0.15) is 48.6 Å². The van der Waals surface area contributed by atoms with Gasteiger partial charge in [0.2, 0.25) is 5.78 Å². The Hall–Kier alpha value is -1.66. The van der Waals surface area contributed by atoms with Gasteiger partial charge in [-0.25, -0.2) is 0 Å². The van der Waals surface area contributed by atoms with Gasteiger partial charge in [-0.05, 0) is 40.7 Å². The van der Waals surface area contributed by atoms with Gasteiger partial charge in [-0.15, -0.1) is 0 Å². The van der Waals surface area contributed by atoms with Crippen LogP contribution in [0.15, 0.2) is 6.07 Å². The Bertz CT molecular complexity index is 578. The highest BCUT2D eigenvalue weighted by atomic mass is 16.5. The maximum atomic E-state index is 12.6. The summed E-state index contributed by atoms with van der Waals surface area (Å²) in [5.74, 6) is 0.0308. The molecule has 0 aliphatic heterocycles. The molecule has 0 aliphatic rings. The van der Waals surface area contributed by atoms with Crippen molar-refractivity contribution in [2.45, 2.75) is 46.7 Å². The highest BCUT2D eigenvalue weighted by Gasteiger charge is 2.22. The van der Waals surface area contributed by atoms with Crippen LogP contribution in [0.4, 0.5) is 0 Å². The average molecular weight is 338 g/mol. The number of Topliss-reactive ketones (excluding diaryl/α,β-unsaturated/α-hetero) is 1. The van der Waals surface area contributed by atoms with Crippen LogP contribution in [-0.4, -0.2) is 56.2 Å². The molecule has 1 amide bonds. The van der Waals surface area contributed by atoms with E-state index >= 15 is 0 Å². The first-order valence-corrected chi connectivity index (χ1v) is 8.48. The lowest BCUT2D eigenvalue weighted by molar-refractivity contribution is -0.862. The van der Waals surface area contributed by atoms with Crippen molar-refractivity contribution in [1.82, 2.24) is 9.88 Å². The molecule has 0 radical (unpaired) electrons. The summed E-state index contributed by atoms with van der Waals surface area (Å²) in [6.07, 6.45) is 0. The van der Waals surface area contributed by atoms with Crippen molar-refractivity contribution in [3.05, 3.63) is 23.0 Å². The fourth-order valence-electron chi connectivity index (χ4n) is 3.13. The fraction of sp³-hybridized carbons (Fsp3) is 0.667. The van der Waals surface area contributed by atoms with Crippen molar-refractivity contribution in [3.8, 4) is 0 Å². The zero-order valence-corrected chi connectivity index (χ0v) is 16.0. The molecule has 1 aromatic rings. The molecule has 6 heteroatoms. The number of methoxy groups -OCH3 is 1. The van der Waals surface area contributed by atoms with Gasteiger partial charge in [0.05, 0.1) is 19.7 Å². The first-order chi connectivity index (χ1) is 11.2. The molecule has 0 saturated carbocycles. The van der Waals surface area contributed by atoms with Crippen molar-refractivity contribution in [2.24, 2.45) is 0 Å². The predicted octanol–water partition coefficient (Wildman–Crippen LogP) is 0.534. The molecule has 136 valence electrons. The van der Waals surface area contributed by atoms with E-state index in [2.05, 4.69) is 16.8 Å². The number of likely N-dealkylation sites (N-methyl/N-ethyl adjacent to an activating group) is 1. The number of nitrogens with one attached hydrogen (secondary N) is 2. The number of ketones is 1. The Morgan fingerprint density at radius 3 is 2.42 bits per heavy atom. The van der Waals surface area contributed by atoms with E-state index in [-0.39, 0.29) is 23.8 Å². The van der Waals surface area contributed by atoms with Crippen LogP contribution in [0.5, 0.6) is 0 Å². The number of rotatable bonds is 9. The number of amides is 1. The second-order valence-electron chi connectivity index (χ2n) is 6.92. The number of hydrogen-bond acceptors (Lipinski definition) is 3. The molecule has 0 aromatic carbocycles. The molecule has 6 nitrogen and oxygen atoms in total. The monoisotopic (exact) mass is 338 g/mol. The number of aromatic nitrogens is 1. The smallest absolute Gasteiger partial charge is 0.275 e. The van der Waals surface area contributed by atoms with Crippen LogP contribution in [0.25, 0.3) is 0 Å². The minimum atomic E-state index is -0.0329. The molecular weight excluding hydrogens is 306 g/mol. The quantitative estimate of drug-likeness (QED) is 0.646. The van der Waals surface area contributed by atoms with Gasteiger partial charge in [0.25, 0.3) is 5.91 Å². The molecule has 0 spiro atoms. The number of carbonyl (C=O) groups is 2. The topological polar surface area (TPSA) is 64.8 Å². The van der Waals surface area contributed by atoms with Crippen molar-refractivity contribution in [3.63, 3.8) is 0 Å². The zero-order chi connectivity index (χ0) is 18.4. The number of aryl methyl sites for hydroxylation is 1. The second-order valence-corrected chi connectivity index (χ2v) is 6.92. The number of hydrogen-bond donors (Lipinski definition) is 2. The van der Waals surface area contributed by atoms with E-state index in [0.29, 0.717) is 19.7 Å². The summed E-state index contributed by atoms with van der Waals surface area (Å²) in [5, 5.41) is 2.85. The van der Waals surface area contributed by atoms with Gasteiger partial charge < -0.3 is 19.5 Å². The molecule has 1 heterocycles. The first-order valence-electron chi connectivity index (χ1n) is 8.48. The Labute approximate surface area is 145 Å². The maximum absolute atomic E-state index is 12.6. The van der Waals surface area contributed by atoms with Gasteiger partial charge in [-0.2, -0.15) is 0 Å². The SMILES string of the molecule is COC[C@@H](C)n1c(C)cc(C(=O)C[NH+](C)CC(=O)NC(C)C)c1C. The van der Waals surface area contributed by atoms with Crippen LogP contribution >= 0.6 is 0 Å². The number of ether oxygens (including phenoxy) is 1. The van der Waals surface area contributed by atoms with E-state index < -0.39 is 0 Å². The van der Waals surface area contributed by atoms with E-state index in [1.165, 1.54) is 0 Å². The van der Waals surface area contributed by atoms with E-state index in [9.17, 15) is 9.59 Å². The van der Waals surface area contributed by atoms with Crippen molar-refractivity contribution < 1.29 is 19.2 Å². The molecule has 2 N–H and O–H groups in total. The van der Waals surface area contributed by atoms with Gasteiger partial charge in [0.15, 0.2) is 6.54 Å². The lowest BCUT2D eigenvalue weighted by Gasteiger charge is -2.18. The molecule has 0 aliphatic carbocycles. The normalized spacial score (nSPS) is 13.8. The van der Waals surface area contributed by atoms with Gasteiger partial charge in [-0.3, -0.25) is 9.59 Å². The highest BCUT2D eigenvalue weighted by Crippen LogP contribution is 2.20. The molecular formula is C18H32N3O3+. The summed E-state index contributed by atoms with van der Waals surface area (Å²) in [6.45, 7) is 11.1. The largest absolute Gasteiger partial charge is 0.383 e. The summed E-state index contributed by atoms with van der Waals surface area (Å²) < 4.78 is 7.36. The van der Waals surface area contributed by atoms with Crippen LogP contribution in [0.3, 0.4) is 0 Å². The number of nitrogens with zero attached hydrogens (tertiary/aromatic N) is 1. The summed E-state index contributed by atoms with van der Waals surface area (Å²) in [7, 11) is 3.54. The molecule has 0 bridgehead atoms.